The number of hydrogen-bond donors (Lipinski definition) is 1. The van der Waals surface area contributed by atoms with Crippen molar-refractivity contribution in [3.63, 3.8) is 0 Å². The largest absolute Gasteiger partial charge is 0.454 e. The molecule has 0 radical (unpaired) electrons. The van der Waals surface area contributed by atoms with Crippen molar-refractivity contribution in [2.24, 2.45) is 0 Å². The van der Waals surface area contributed by atoms with E-state index in [0.717, 1.165) is 17.2 Å². The van der Waals surface area contributed by atoms with Crippen molar-refractivity contribution < 1.29 is 23.4 Å². The van der Waals surface area contributed by atoms with Crippen LogP contribution in [0.25, 0.3) is 0 Å². The van der Waals surface area contributed by atoms with Crippen molar-refractivity contribution in [1.29, 1.82) is 0 Å². The quantitative estimate of drug-likeness (QED) is 0.847. The minimum absolute atomic E-state index is 0.0915. The van der Waals surface area contributed by atoms with E-state index in [1.165, 1.54) is 0 Å². The van der Waals surface area contributed by atoms with Crippen LogP contribution in [-0.2, 0) is 16.1 Å². The molecule has 2 aliphatic rings. The molecule has 1 amide bonds. The van der Waals surface area contributed by atoms with Crippen LogP contribution in [-0.4, -0.2) is 28.4 Å². The molecule has 0 bridgehead atoms. The molecule has 27 heavy (non-hydrogen) atoms. The van der Waals surface area contributed by atoms with Gasteiger partial charge in [-0.2, -0.15) is 4.39 Å². The molecule has 1 atom stereocenters. The van der Waals surface area contributed by atoms with Crippen molar-refractivity contribution >= 4 is 11.6 Å². The summed E-state index contributed by atoms with van der Waals surface area (Å²) < 4.78 is 31.3. The van der Waals surface area contributed by atoms with Gasteiger partial charge in [0.2, 0.25) is 18.5 Å². The van der Waals surface area contributed by atoms with Crippen molar-refractivity contribution in [3.05, 3.63) is 51.1 Å². The summed E-state index contributed by atoms with van der Waals surface area (Å²) in [4.78, 5) is 36.8. The summed E-state index contributed by atoms with van der Waals surface area (Å²) in [6.07, 6.45) is 1.44. The molecule has 4 rings (SSSR count). The van der Waals surface area contributed by atoms with Gasteiger partial charge in [0.15, 0.2) is 11.5 Å². The summed E-state index contributed by atoms with van der Waals surface area (Å²) >= 11 is 0. The molecular weight excluding hydrogens is 361 g/mol. The molecule has 9 nitrogen and oxygen atoms in total. The number of amides is 1. The molecule has 1 aromatic heterocycles. The van der Waals surface area contributed by atoms with E-state index in [1.807, 2.05) is 0 Å². The van der Waals surface area contributed by atoms with Crippen molar-refractivity contribution in [2.45, 2.75) is 25.6 Å². The van der Waals surface area contributed by atoms with Gasteiger partial charge in [0.1, 0.15) is 12.8 Å². The van der Waals surface area contributed by atoms with Gasteiger partial charge in [-0.1, -0.05) is 0 Å². The van der Waals surface area contributed by atoms with Gasteiger partial charge in [0.05, 0.1) is 6.20 Å². The third kappa shape index (κ3) is 3.31. The lowest BCUT2D eigenvalue weighted by Crippen LogP contribution is -2.44. The first kappa shape index (κ1) is 17.3. The molecule has 0 spiro atoms. The second-order valence-corrected chi connectivity index (χ2v) is 6.14. The number of nitrogens with zero attached hydrogens (tertiary/aromatic N) is 2. The highest BCUT2D eigenvalue weighted by molar-refractivity contribution is 5.90. The van der Waals surface area contributed by atoms with Gasteiger partial charge in [-0.05, 0) is 25.0 Å². The molecule has 1 saturated heterocycles. The maximum atomic E-state index is 14.0. The van der Waals surface area contributed by atoms with E-state index < -0.39 is 35.7 Å². The van der Waals surface area contributed by atoms with Gasteiger partial charge in [-0.25, -0.2) is 9.36 Å². The Hall–Kier alpha value is -3.14. The minimum Gasteiger partial charge on any atom is -0.454 e. The number of fused-ring (bicyclic) bond motifs is 1. The van der Waals surface area contributed by atoms with E-state index in [0.29, 0.717) is 34.8 Å². The fraction of sp³-hybridized carbons (Fsp3) is 0.353. The van der Waals surface area contributed by atoms with Crippen molar-refractivity contribution in [3.8, 4) is 11.5 Å². The first-order valence-electron chi connectivity index (χ1n) is 8.35. The molecule has 3 heterocycles. The van der Waals surface area contributed by atoms with Crippen LogP contribution < -0.4 is 26.0 Å². The Bertz CT molecular complexity index is 1010. The van der Waals surface area contributed by atoms with Crippen molar-refractivity contribution in [2.75, 3.05) is 18.7 Å². The fourth-order valence-corrected chi connectivity index (χ4v) is 3.03. The lowest BCUT2D eigenvalue weighted by atomic mass is 10.3. The van der Waals surface area contributed by atoms with Crippen LogP contribution in [0.3, 0.4) is 0 Å². The van der Waals surface area contributed by atoms with Gasteiger partial charge >= 0.3 is 5.69 Å². The molecule has 1 unspecified atom stereocenters. The Morgan fingerprint density at radius 2 is 2.07 bits per heavy atom. The minimum atomic E-state index is -1.16. The highest BCUT2D eigenvalue weighted by Gasteiger charge is 2.23. The summed E-state index contributed by atoms with van der Waals surface area (Å²) in [6, 6.07) is 4.76. The third-order valence-electron chi connectivity index (χ3n) is 4.33. The van der Waals surface area contributed by atoms with Crippen LogP contribution in [0, 0.1) is 5.82 Å². The molecule has 2 aromatic rings. The first-order chi connectivity index (χ1) is 13.0. The number of ether oxygens (including phenoxy) is 3. The summed E-state index contributed by atoms with van der Waals surface area (Å²) in [5.41, 5.74) is -1.56. The van der Waals surface area contributed by atoms with Crippen LogP contribution >= 0.6 is 0 Å². The molecule has 10 heteroatoms. The predicted octanol–water partition coefficient (Wildman–Crippen LogP) is 0.825. The predicted molar refractivity (Wildman–Crippen MR) is 90.3 cm³/mol. The number of nitrogens with one attached hydrogen (secondary N) is 1. The zero-order valence-corrected chi connectivity index (χ0v) is 14.1. The molecule has 0 aliphatic carbocycles. The zero-order chi connectivity index (χ0) is 19.0. The van der Waals surface area contributed by atoms with E-state index in [4.69, 9.17) is 14.2 Å². The van der Waals surface area contributed by atoms with Crippen LogP contribution in [0.4, 0.5) is 10.1 Å². The van der Waals surface area contributed by atoms with E-state index >= 15 is 0 Å². The number of rotatable bonds is 4. The van der Waals surface area contributed by atoms with Gasteiger partial charge < -0.3 is 19.5 Å². The number of benzene rings is 1. The maximum absolute atomic E-state index is 14.0. The SMILES string of the molecule is O=C(Cn1c(=O)c(F)cn(C2CCCO2)c1=O)Nc1ccc2c(c1)OCO2. The highest BCUT2D eigenvalue weighted by atomic mass is 19.1. The summed E-state index contributed by atoms with van der Waals surface area (Å²) in [7, 11) is 0. The summed E-state index contributed by atoms with van der Waals surface area (Å²) in [5.74, 6) is -0.760. The van der Waals surface area contributed by atoms with Crippen LogP contribution in [0.1, 0.15) is 19.1 Å². The van der Waals surface area contributed by atoms with Crippen molar-refractivity contribution in [1.82, 2.24) is 9.13 Å². The Morgan fingerprint density at radius 1 is 1.26 bits per heavy atom. The number of aromatic nitrogens is 2. The summed E-state index contributed by atoms with van der Waals surface area (Å²) in [6.45, 7) is -0.0900. The standard InChI is InChI=1S/C17H16FN3O6/c18-11-7-20(15-2-1-5-25-15)17(24)21(16(11)23)8-14(22)19-10-3-4-12-13(6-10)27-9-26-12/h3-4,6-7,15H,1-2,5,8-9H2,(H,19,22). The Balaban J connectivity index is 1.57. The number of carbonyl (C=O) groups is 1. The average Bonchev–Trinajstić information content (AvgIpc) is 3.33. The second kappa shape index (κ2) is 6.88. The smallest absolute Gasteiger partial charge is 0.333 e. The first-order valence-corrected chi connectivity index (χ1v) is 8.35. The van der Waals surface area contributed by atoms with Gasteiger partial charge in [0.25, 0.3) is 5.56 Å². The van der Waals surface area contributed by atoms with E-state index in [1.54, 1.807) is 18.2 Å². The molecule has 142 valence electrons. The van der Waals surface area contributed by atoms with E-state index in [-0.39, 0.29) is 6.79 Å². The van der Waals surface area contributed by atoms with Crippen LogP contribution in [0.2, 0.25) is 0 Å². The molecule has 1 fully saturated rings. The molecule has 1 aromatic carbocycles. The van der Waals surface area contributed by atoms with Gasteiger partial charge in [-0.15, -0.1) is 0 Å². The highest BCUT2D eigenvalue weighted by Crippen LogP contribution is 2.34. The molecule has 0 saturated carbocycles. The number of carbonyl (C=O) groups excluding carboxylic acids is 1. The Labute approximate surface area is 151 Å². The second-order valence-electron chi connectivity index (χ2n) is 6.14. The van der Waals surface area contributed by atoms with Gasteiger partial charge in [-0.3, -0.25) is 14.2 Å². The van der Waals surface area contributed by atoms with Crippen LogP contribution in [0.5, 0.6) is 11.5 Å². The number of anilines is 1. The lowest BCUT2D eigenvalue weighted by molar-refractivity contribution is -0.116. The van der Waals surface area contributed by atoms with E-state index in [2.05, 4.69) is 5.32 Å². The zero-order valence-electron chi connectivity index (χ0n) is 14.1. The van der Waals surface area contributed by atoms with Gasteiger partial charge in [0, 0.05) is 18.4 Å². The lowest BCUT2D eigenvalue weighted by Gasteiger charge is -2.15. The van der Waals surface area contributed by atoms with Crippen LogP contribution in [0.15, 0.2) is 34.0 Å². The average molecular weight is 377 g/mol. The Morgan fingerprint density at radius 3 is 2.85 bits per heavy atom. The maximum Gasteiger partial charge on any atom is 0.333 e. The topological polar surface area (TPSA) is 101 Å². The Kier molecular flexibility index (Phi) is 4.40. The fourth-order valence-electron chi connectivity index (χ4n) is 3.03. The molecule has 1 N–H and O–H groups in total. The number of hydrogen-bond acceptors (Lipinski definition) is 6. The molecular formula is C17H16FN3O6. The third-order valence-corrected chi connectivity index (χ3v) is 4.33. The van der Waals surface area contributed by atoms with E-state index in [9.17, 15) is 18.8 Å². The monoisotopic (exact) mass is 377 g/mol. The molecule has 2 aliphatic heterocycles. The normalized spacial score (nSPS) is 17.9. The summed E-state index contributed by atoms with van der Waals surface area (Å²) in [5, 5.41) is 2.55. The number of halogens is 1.